The maximum absolute atomic E-state index is 5.64. The molecule has 1 aromatic heterocycles. The molecule has 6 heteroatoms. The van der Waals surface area contributed by atoms with Gasteiger partial charge in [0.25, 0.3) is 0 Å². The average molecular weight is 197 g/mol. The van der Waals surface area contributed by atoms with Crippen LogP contribution in [-0.2, 0) is 18.4 Å². The Morgan fingerprint density at radius 2 is 2.57 bits per heavy atom. The predicted molar refractivity (Wildman–Crippen MR) is 49.5 cm³/mol. The van der Waals surface area contributed by atoms with Crippen molar-refractivity contribution < 1.29 is 4.74 Å². The summed E-state index contributed by atoms with van der Waals surface area (Å²) in [6.45, 7) is 2.49. The topological polar surface area (TPSA) is 64.9 Å². The standard InChI is InChI=1S/C8H15N5O/c1-13-11-8(10-12-13)6-14-7-3-2-4-9-5-7/h7,9H,2-6H2,1H3/t7-/m0/s1. The summed E-state index contributed by atoms with van der Waals surface area (Å²) in [4.78, 5) is 1.44. The number of hydrogen-bond donors (Lipinski definition) is 1. The summed E-state index contributed by atoms with van der Waals surface area (Å²) in [6.07, 6.45) is 2.60. The van der Waals surface area contributed by atoms with Crippen molar-refractivity contribution in [1.29, 1.82) is 0 Å². The summed E-state index contributed by atoms with van der Waals surface area (Å²) in [7, 11) is 1.75. The predicted octanol–water partition coefficient (Wildman–Crippen LogP) is -0.521. The first-order valence-electron chi connectivity index (χ1n) is 4.90. The van der Waals surface area contributed by atoms with Crippen LogP contribution in [0.25, 0.3) is 0 Å². The van der Waals surface area contributed by atoms with Gasteiger partial charge in [-0.2, -0.15) is 4.80 Å². The molecule has 0 amide bonds. The third kappa shape index (κ3) is 2.49. The largest absolute Gasteiger partial charge is 0.369 e. The summed E-state index contributed by atoms with van der Waals surface area (Å²) in [6, 6.07) is 0. The first kappa shape index (κ1) is 9.54. The van der Waals surface area contributed by atoms with E-state index in [1.807, 2.05) is 0 Å². The SMILES string of the molecule is Cn1nnc(CO[C@H]2CCCNC2)n1. The Labute approximate surface area is 82.6 Å². The Morgan fingerprint density at radius 3 is 3.21 bits per heavy atom. The Morgan fingerprint density at radius 1 is 1.64 bits per heavy atom. The van der Waals surface area contributed by atoms with E-state index in [0.29, 0.717) is 18.5 Å². The molecule has 0 aliphatic carbocycles. The highest BCUT2D eigenvalue weighted by Crippen LogP contribution is 2.07. The van der Waals surface area contributed by atoms with Crippen molar-refractivity contribution in [2.45, 2.75) is 25.6 Å². The molecule has 2 heterocycles. The van der Waals surface area contributed by atoms with Crippen molar-refractivity contribution in [1.82, 2.24) is 25.5 Å². The molecule has 0 unspecified atom stereocenters. The van der Waals surface area contributed by atoms with E-state index in [1.165, 1.54) is 11.2 Å². The first-order valence-corrected chi connectivity index (χ1v) is 4.90. The number of nitrogens with one attached hydrogen (secondary N) is 1. The second-order valence-electron chi connectivity index (χ2n) is 3.47. The number of nitrogens with zero attached hydrogens (tertiary/aromatic N) is 4. The molecule has 14 heavy (non-hydrogen) atoms. The summed E-state index contributed by atoms with van der Waals surface area (Å²) >= 11 is 0. The summed E-state index contributed by atoms with van der Waals surface area (Å²) in [5.74, 6) is 0.651. The molecule has 1 aliphatic heterocycles. The normalized spacial score (nSPS) is 22.5. The van der Waals surface area contributed by atoms with Crippen LogP contribution in [0.15, 0.2) is 0 Å². The maximum Gasteiger partial charge on any atom is 0.200 e. The number of aryl methyl sites for hydroxylation is 1. The van der Waals surface area contributed by atoms with E-state index in [9.17, 15) is 0 Å². The molecular formula is C8H15N5O. The Kier molecular flexibility index (Phi) is 3.05. The van der Waals surface area contributed by atoms with Gasteiger partial charge in [0.1, 0.15) is 6.61 Å². The van der Waals surface area contributed by atoms with Gasteiger partial charge < -0.3 is 10.1 Å². The monoisotopic (exact) mass is 197 g/mol. The molecule has 0 radical (unpaired) electrons. The molecule has 1 N–H and O–H groups in total. The van der Waals surface area contributed by atoms with Crippen molar-refractivity contribution in [3.63, 3.8) is 0 Å². The minimum absolute atomic E-state index is 0.299. The third-order valence-electron chi connectivity index (χ3n) is 2.25. The Hall–Kier alpha value is -1.01. The van der Waals surface area contributed by atoms with Crippen molar-refractivity contribution in [2.75, 3.05) is 13.1 Å². The van der Waals surface area contributed by atoms with Crippen LogP contribution in [0.5, 0.6) is 0 Å². The highest BCUT2D eigenvalue weighted by molar-refractivity contribution is 4.74. The second-order valence-corrected chi connectivity index (χ2v) is 3.47. The molecule has 2 rings (SSSR count). The lowest BCUT2D eigenvalue weighted by Gasteiger charge is -2.22. The van der Waals surface area contributed by atoms with E-state index in [0.717, 1.165) is 19.5 Å². The zero-order chi connectivity index (χ0) is 9.80. The third-order valence-corrected chi connectivity index (χ3v) is 2.25. The molecule has 1 saturated heterocycles. The van der Waals surface area contributed by atoms with Gasteiger partial charge in [-0.15, -0.1) is 10.2 Å². The molecule has 0 aromatic carbocycles. The van der Waals surface area contributed by atoms with Crippen LogP contribution in [0.4, 0.5) is 0 Å². The van der Waals surface area contributed by atoms with Crippen molar-refractivity contribution in [2.24, 2.45) is 7.05 Å². The van der Waals surface area contributed by atoms with Crippen LogP contribution in [0.2, 0.25) is 0 Å². The quantitative estimate of drug-likeness (QED) is 0.706. The molecule has 6 nitrogen and oxygen atoms in total. The molecule has 1 aliphatic rings. The highest BCUT2D eigenvalue weighted by atomic mass is 16.5. The molecule has 0 saturated carbocycles. The van der Waals surface area contributed by atoms with Gasteiger partial charge in [0.2, 0.25) is 0 Å². The smallest absolute Gasteiger partial charge is 0.200 e. The minimum Gasteiger partial charge on any atom is -0.369 e. The van der Waals surface area contributed by atoms with E-state index in [4.69, 9.17) is 4.74 Å². The van der Waals surface area contributed by atoms with E-state index >= 15 is 0 Å². The summed E-state index contributed by atoms with van der Waals surface area (Å²) in [5.41, 5.74) is 0. The molecule has 78 valence electrons. The van der Waals surface area contributed by atoms with Gasteiger partial charge in [-0.3, -0.25) is 0 Å². The average Bonchev–Trinajstić information content (AvgIpc) is 2.63. The van der Waals surface area contributed by atoms with Crippen molar-refractivity contribution in [3.8, 4) is 0 Å². The number of rotatable bonds is 3. The summed E-state index contributed by atoms with van der Waals surface area (Å²) in [5, 5.41) is 14.9. The lowest BCUT2D eigenvalue weighted by Crippen LogP contribution is -2.35. The van der Waals surface area contributed by atoms with Gasteiger partial charge in [0.05, 0.1) is 13.2 Å². The Bertz CT molecular complexity index is 281. The molecular weight excluding hydrogens is 182 g/mol. The Balaban J connectivity index is 1.76. The number of tetrazole rings is 1. The summed E-state index contributed by atoms with van der Waals surface area (Å²) < 4.78 is 5.64. The first-order chi connectivity index (χ1) is 6.84. The van der Waals surface area contributed by atoms with Gasteiger partial charge >= 0.3 is 0 Å². The van der Waals surface area contributed by atoms with Crippen molar-refractivity contribution in [3.05, 3.63) is 5.82 Å². The van der Waals surface area contributed by atoms with Gasteiger partial charge in [0.15, 0.2) is 5.82 Å². The number of ether oxygens (including phenoxy) is 1. The van der Waals surface area contributed by atoms with E-state index in [-0.39, 0.29) is 0 Å². The lowest BCUT2D eigenvalue weighted by atomic mass is 10.1. The van der Waals surface area contributed by atoms with Gasteiger partial charge in [-0.25, -0.2) is 0 Å². The lowest BCUT2D eigenvalue weighted by molar-refractivity contribution is 0.0217. The molecule has 1 atom stereocenters. The minimum atomic E-state index is 0.299. The molecule has 1 aromatic rings. The fourth-order valence-electron chi connectivity index (χ4n) is 1.54. The molecule has 1 fully saturated rings. The van der Waals surface area contributed by atoms with E-state index in [2.05, 4.69) is 20.7 Å². The van der Waals surface area contributed by atoms with Crippen molar-refractivity contribution >= 4 is 0 Å². The van der Waals surface area contributed by atoms with E-state index < -0.39 is 0 Å². The fourth-order valence-corrected chi connectivity index (χ4v) is 1.54. The zero-order valence-corrected chi connectivity index (χ0v) is 8.31. The van der Waals surface area contributed by atoms with Gasteiger partial charge in [-0.05, 0) is 24.6 Å². The van der Waals surface area contributed by atoms with Gasteiger partial charge in [-0.1, -0.05) is 0 Å². The van der Waals surface area contributed by atoms with Crippen LogP contribution in [0.3, 0.4) is 0 Å². The number of piperidine rings is 1. The second kappa shape index (κ2) is 4.47. The fraction of sp³-hybridized carbons (Fsp3) is 0.875. The van der Waals surface area contributed by atoms with Crippen LogP contribution >= 0.6 is 0 Å². The maximum atomic E-state index is 5.64. The van der Waals surface area contributed by atoms with Crippen LogP contribution < -0.4 is 5.32 Å². The molecule has 0 bridgehead atoms. The van der Waals surface area contributed by atoms with Crippen LogP contribution in [0, 0.1) is 0 Å². The number of hydrogen-bond acceptors (Lipinski definition) is 5. The highest BCUT2D eigenvalue weighted by Gasteiger charge is 2.14. The van der Waals surface area contributed by atoms with Crippen LogP contribution in [0.1, 0.15) is 18.7 Å². The van der Waals surface area contributed by atoms with Gasteiger partial charge in [0, 0.05) is 6.54 Å². The zero-order valence-electron chi connectivity index (χ0n) is 8.31. The molecule has 0 spiro atoms. The van der Waals surface area contributed by atoms with Crippen LogP contribution in [-0.4, -0.2) is 39.4 Å². The van der Waals surface area contributed by atoms with E-state index in [1.54, 1.807) is 7.05 Å². The number of aromatic nitrogens is 4.